The zero-order valence-electron chi connectivity index (χ0n) is 21.9. The molecule has 0 radical (unpaired) electrons. The molecule has 4 aromatic rings. The average molecular weight is 541 g/mol. The number of non-ortho nitro benzene ring substituents is 1. The monoisotopic (exact) mass is 540 g/mol. The Bertz CT molecular complexity index is 1540. The first kappa shape index (κ1) is 27.9. The molecule has 0 aliphatic carbocycles. The SMILES string of the molecule is CCCn1c(=O)c2c(nc(Cc3nnco3)n2CCNCC(O)CC)n(CCc2cccc([N+](=O)[O-])c2)c1=O. The number of aliphatic hydroxyl groups is 1. The van der Waals surface area contributed by atoms with Gasteiger partial charge in [0.2, 0.25) is 12.3 Å². The molecule has 0 aliphatic rings. The fraction of sp³-hybridized carbons (Fsp3) is 0.480. The third kappa shape index (κ3) is 6.29. The van der Waals surface area contributed by atoms with Crippen LogP contribution in [0.2, 0.25) is 0 Å². The first-order chi connectivity index (χ1) is 18.8. The number of aryl methyl sites for hydroxylation is 2. The van der Waals surface area contributed by atoms with E-state index in [0.29, 0.717) is 56.2 Å². The normalized spacial score (nSPS) is 12.3. The second-order valence-electron chi connectivity index (χ2n) is 9.20. The summed E-state index contributed by atoms with van der Waals surface area (Å²) in [5.74, 6) is 0.780. The highest BCUT2D eigenvalue weighted by atomic mass is 16.6. The van der Waals surface area contributed by atoms with E-state index in [0.717, 1.165) is 0 Å². The zero-order chi connectivity index (χ0) is 27.9. The van der Waals surface area contributed by atoms with Crippen LogP contribution >= 0.6 is 0 Å². The van der Waals surface area contributed by atoms with E-state index < -0.39 is 22.3 Å². The molecule has 1 atom stereocenters. The van der Waals surface area contributed by atoms with Crippen molar-refractivity contribution in [3.63, 3.8) is 0 Å². The van der Waals surface area contributed by atoms with Crippen LogP contribution in [0.15, 0.2) is 44.7 Å². The number of imidazole rings is 1. The molecule has 39 heavy (non-hydrogen) atoms. The number of aromatic nitrogens is 6. The molecular weight excluding hydrogens is 508 g/mol. The van der Waals surface area contributed by atoms with E-state index in [2.05, 4.69) is 15.5 Å². The summed E-state index contributed by atoms with van der Waals surface area (Å²) in [5, 5.41) is 31.9. The van der Waals surface area contributed by atoms with Crippen molar-refractivity contribution in [1.29, 1.82) is 0 Å². The fourth-order valence-electron chi connectivity index (χ4n) is 4.41. The van der Waals surface area contributed by atoms with Gasteiger partial charge in [-0.15, -0.1) is 10.2 Å². The highest BCUT2D eigenvalue weighted by Gasteiger charge is 2.22. The Morgan fingerprint density at radius 2 is 1.97 bits per heavy atom. The summed E-state index contributed by atoms with van der Waals surface area (Å²) in [6, 6.07) is 6.24. The zero-order valence-corrected chi connectivity index (χ0v) is 21.9. The molecule has 0 aliphatic heterocycles. The molecule has 14 nitrogen and oxygen atoms in total. The molecule has 3 heterocycles. The summed E-state index contributed by atoms with van der Waals surface area (Å²) < 4.78 is 9.72. The van der Waals surface area contributed by atoms with Gasteiger partial charge in [-0.1, -0.05) is 26.0 Å². The molecule has 0 saturated heterocycles. The van der Waals surface area contributed by atoms with E-state index in [-0.39, 0.29) is 36.4 Å². The van der Waals surface area contributed by atoms with E-state index in [1.54, 1.807) is 16.7 Å². The van der Waals surface area contributed by atoms with Gasteiger partial charge >= 0.3 is 5.69 Å². The minimum absolute atomic E-state index is 0.0345. The smallest absolute Gasteiger partial charge is 0.332 e. The maximum Gasteiger partial charge on any atom is 0.332 e. The summed E-state index contributed by atoms with van der Waals surface area (Å²) in [6.45, 7) is 5.36. The Morgan fingerprint density at radius 1 is 1.15 bits per heavy atom. The second kappa shape index (κ2) is 12.6. The molecule has 14 heteroatoms. The summed E-state index contributed by atoms with van der Waals surface area (Å²) >= 11 is 0. The van der Waals surface area contributed by atoms with Crippen molar-refractivity contribution in [2.24, 2.45) is 0 Å². The van der Waals surface area contributed by atoms with Crippen LogP contribution in [0.3, 0.4) is 0 Å². The lowest BCUT2D eigenvalue weighted by atomic mass is 10.1. The second-order valence-corrected chi connectivity index (χ2v) is 9.20. The summed E-state index contributed by atoms with van der Waals surface area (Å²) in [4.78, 5) is 42.5. The van der Waals surface area contributed by atoms with Gasteiger partial charge in [0.1, 0.15) is 5.82 Å². The van der Waals surface area contributed by atoms with E-state index in [1.807, 2.05) is 13.8 Å². The summed E-state index contributed by atoms with van der Waals surface area (Å²) in [7, 11) is 0. The van der Waals surface area contributed by atoms with Gasteiger partial charge in [-0.05, 0) is 24.8 Å². The van der Waals surface area contributed by atoms with Crippen molar-refractivity contribution in [2.75, 3.05) is 13.1 Å². The summed E-state index contributed by atoms with van der Waals surface area (Å²) in [5.41, 5.74) is 0.217. The number of nitrogens with zero attached hydrogens (tertiary/aromatic N) is 7. The number of aliphatic hydroxyl groups excluding tert-OH is 1. The predicted molar refractivity (Wildman–Crippen MR) is 142 cm³/mol. The van der Waals surface area contributed by atoms with Crippen LogP contribution in [0.5, 0.6) is 0 Å². The largest absolute Gasteiger partial charge is 0.428 e. The van der Waals surface area contributed by atoms with Crippen LogP contribution in [-0.2, 0) is 32.5 Å². The first-order valence-electron chi connectivity index (χ1n) is 12.9. The van der Waals surface area contributed by atoms with Gasteiger partial charge in [0.15, 0.2) is 11.2 Å². The lowest BCUT2D eigenvalue weighted by Crippen LogP contribution is -2.41. The van der Waals surface area contributed by atoms with Crippen molar-refractivity contribution < 1.29 is 14.4 Å². The molecule has 1 aromatic carbocycles. The van der Waals surface area contributed by atoms with E-state index in [9.17, 15) is 24.8 Å². The maximum atomic E-state index is 13.6. The van der Waals surface area contributed by atoms with Crippen LogP contribution < -0.4 is 16.6 Å². The quantitative estimate of drug-likeness (QED) is 0.134. The van der Waals surface area contributed by atoms with Gasteiger partial charge in [-0.3, -0.25) is 24.0 Å². The molecular formula is C25H32N8O6. The van der Waals surface area contributed by atoms with Crippen molar-refractivity contribution in [3.8, 4) is 0 Å². The van der Waals surface area contributed by atoms with Gasteiger partial charge in [0.05, 0.1) is 17.4 Å². The number of fused-ring (bicyclic) bond motifs is 1. The van der Waals surface area contributed by atoms with Crippen LogP contribution in [0, 0.1) is 10.1 Å². The highest BCUT2D eigenvalue weighted by Crippen LogP contribution is 2.17. The van der Waals surface area contributed by atoms with E-state index in [1.165, 1.54) is 27.7 Å². The molecule has 0 fully saturated rings. The molecule has 2 N–H and O–H groups in total. The number of hydrogen-bond donors (Lipinski definition) is 2. The number of rotatable bonds is 14. The lowest BCUT2D eigenvalue weighted by Gasteiger charge is -2.14. The minimum Gasteiger partial charge on any atom is -0.428 e. The molecule has 0 spiro atoms. The van der Waals surface area contributed by atoms with Crippen LogP contribution in [0.4, 0.5) is 5.69 Å². The predicted octanol–water partition coefficient (Wildman–Crippen LogP) is 1.25. The minimum atomic E-state index is -0.488. The number of nitrogens with one attached hydrogen (secondary N) is 1. The Balaban J connectivity index is 1.79. The van der Waals surface area contributed by atoms with Crippen molar-refractivity contribution in [2.45, 2.75) is 65.3 Å². The van der Waals surface area contributed by atoms with Crippen molar-refractivity contribution >= 4 is 16.9 Å². The summed E-state index contributed by atoms with van der Waals surface area (Å²) in [6.07, 6.45) is 2.39. The molecule has 0 amide bonds. The highest BCUT2D eigenvalue weighted by molar-refractivity contribution is 5.71. The van der Waals surface area contributed by atoms with Crippen LogP contribution in [0.25, 0.3) is 11.2 Å². The fourth-order valence-corrected chi connectivity index (χ4v) is 4.41. The van der Waals surface area contributed by atoms with Gasteiger partial charge in [0.25, 0.3) is 11.2 Å². The van der Waals surface area contributed by atoms with Crippen molar-refractivity contribution in [3.05, 3.63) is 78.9 Å². The lowest BCUT2D eigenvalue weighted by molar-refractivity contribution is -0.384. The van der Waals surface area contributed by atoms with Gasteiger partial charge < -0.3 is 19.4 Å². The average Bonchev–Trinajstić information content (AvgIpc) is 3.57. The molecule has 4 rings (SSSR count). The Kier molecular flexibility index (Phi) is 8.99. The topological polar surface area (TPSA) is 176 Å². The van der Waals surface area contributed by atoms with Crippen molar-refractivity contribution in [1.82, 2.24) is 34.2 Å². The maximum absolute atomic E-state index is 13.6. The number of hydrogen-bond acceptors (Lipinski definition) is 10. The molecule has 0 saturated carbocycles. The third-order valence-corrected chi connectivity index (χ3v) is 6.46. The van der Waals surface area contributed by atoms with Gasteiger partial charge in [0, 0.05) is 44.9 Å². The Morgan fingerprint density at radius 3 is 2.67 bits per heavy atom. The van der Waals surface area contributed by atoms with Gasteiger partial charge in [-0.25, -0.2) is 9.78 Å². The third-order valence-electron chi connectivity index (χ3n) is 6.46. The number of benzene rings is 1. The van der Waals surface area contributed by atoms with E-state index >= 15 is 0 Å². The standard InChI is InChI=1S/C25H32N8O6/c1-3-10-32-24(35)22-23(31(25(32)36)11-8-17-6-5-7-18(13-17)33(37)38)28-20(14-21-29-27-16-39-21)30(22)12-9-26-15-19(34)4-2/h5-7,13,16,19,26,34H,3-4,8-12,14-15H2,1-2H3. The number of nitro groups is 1. The van der Waals surface area contributed by atoms with Crippen LogP contribution in [-0.4, -0.2) is 58.1 Å². The van der Waals surface area contributed by atoms with E-state index in [4.69, 9.17) is 9.40 Å². The first-order valence-corrected chi connectivity index (χ1v) is 12.9. The molecule has 208 valence electrons. The van der Waals surface area contributed by atoms with Gasteiger partial charge in [-0.2, -0.15) is 0 Å². The molecule has 3 aromatic heterocycles. The molecule has 1 unspecified atom stereocenters. The molecule has 0 bridgehead atoms. The Hall–Kier alpha value is -4.17. The van der Waals surface area contributed by atoms with Crippen LogP contribution in [0.1, 0.15) is 44.0 Å². The number of nitro benzene ring substituents is 1. The Labute approximate surface area is 223 Å².